The van der Waals surface area contributed by atoms with Crippen molar-refractivity contribution in [3.63, 3.8) is 0 Å². The third-order valence-electron chi connectivity index (χ3n) is 13.6. The smallest absolute Gasteiger partial charge is 0.313 e. The van der Waals surface area contributed by atoms with Crippen LogP contribution in [0.15, 0.2) is 133 Å². The largest absolute Gasteiger partial charge is 0.354 e. The van der Waals surface area contributed by atoms with Crippen molar-refractivity contribution >= 4 is 83.3 Å². The lowest BCUT2D eigenvalue weighted by Gasteiger charge is -2.21. The second-order valence-electron chi connectivity index (χ2n) is 18.4. The van der Waals surface area contributed by atoms with E-state index in [0.29, 0.717) is 12.1 Å². The normalized spacial score (nSPS) is 11.4. The molecule has 0 fully saturated rings. The fourth-order valence-electron chi connectivity index (χ4n) is 10.0. The summed E-state index contributed by atoms with van der Waals surface area (Å²) < 4.78 is 0. The molecule has 0 bridgehead atoms. The van der Waals surface area contributed by atoms with Gasteiger partial charge >= 0.3 is 11.8 Å². The molecule has 0 spiro atoms. The predicted molar refractivity (Wildman–Crippen MR) is 287 cm³/mol. The van der Waals surface area contributed by atoms with E-state index in [-0.39, 0.29) is 0 Å². The molecule has 0 unspecified atom stereocenters. The van der Waals surface area contributed by atoms with Crippen LogP contribution in [0.5, 0.6) is 0 Å². The Morgan fingerprint density at radius 3 is 1.25 bits per heavy atom. The summed E-state index contributed by atoms with van der Waals surface area (Å²) in [7, 11) is 1.47. The molecule has 8 rings (SSSR count). The lowest BCUT2D eigenvalue weighted by molar-refractivity contribution is -0.135. The van der Waals surface area contributed by atoms with Crippen LogP contribution in [0.2, 0.25) is 0 Å². The fraction of sp³-hybridized carbons (Fsp3) is 0.311. The topological polar surface area (TPSA) is 82.3 Å². The number of rotatable bonds is 21. The van der Waals surface area contributed by atoms with Gasteiger partial charge in [0.1, 0.15) is 0 Å². The molecule has 0 aromatic heterocycles. The summed E-state index contributed by atoms with van der Waals surface area (Å²) in [6, 6.07) is 47.9. The maximum atomic E-state index is 13.1. The standard InChI is InChI=1S/C61H68N4O2/c1-5-7-9-11-13-15-25-45-47-27-17-21-31-51(47)58(52-32-22-18-28-48(45)52)63-56-40-43(36-35-42(56)3)39-44-37-38-55(65-61(67)60(66)62-4)57(41-44)64-59-53-33-23-19-29-49(53)46(26-16-14-12-10-8-6-2)50-30-20-24-34-54(50)59/h17-24,27-38,40-41,63-64H,5-16,25-26,39H2,1-4H3,(H,62,66)(H,65,67). The van der Waals surface area contributed by atoms with Crippen LogP contribution in [-0.4, -0.2) is 18.9 Å². The number of unbranched alkanes of at least 4 members (excludes halogenated alkanes) is 10. The van der Waals surface area contributed by atoms with Gasteiger partial charge in [0.25, 0.3) is 0 Å². The van der Waals surface area contributed by atoms with Gasteiger partial charge in [0.15, 0.2) is 0 Å². The second-order valence-corrected chi connectivity index (χ2v) is 18.4. The molecule has 6 heteroatoms. The zero-order valence-electron chi connectivity index (χ0n) is 40.1. The molecular formula is C61H68N4O2. The Morgan fingerprint density at radius 1 is 0.418 bits per heavy atom. The van der Waals surface area contributed by atoms with Gasteiger partial charge in [0.05, 0.1) is 22.7 Å². The monoisotopic (exact) mass is 889 g/mol. The van der Waals surface area contributed by atoms with Gasteiger partial charge in [-0.3, -0.25) is 9.59 Å². The first-order valence-corrected chi connectivity index (χ1v) is 25.0. The zero-order chi connectivity index (χ0) is 46.5. The number of hydrogen-bond donors (Lipinski definition) is 4. The third-order valence-corrected chi connectivity index (χ3v) is 13.6. The van der Waals surface area contributed by atoms with E-state index >= 15 is 0 Å². The summed E-state index contributed by atoms with van der Waals surface area (Å²) >= 11 is 0. The molecule has 2 amide bonds. The van der Waals surface area contributed by atoms with E-state index in [1.165, 1.54) is 127 Å². The van der Waals surface area contributed by atoms with Crippen molar-refractivity contribution in [2.75, 3.05) is 23.0 Å². The van der Waals surface area contributed by atoms with Crippen molar-refractivity contribution in [2.45, 2.75) is 117 Å². The van der Waals surface area contributed by atoms with Crippen LogP contribution in [0.25, 0.3) is 43.1 Å². The summed E-state index contributed by atoms with van der Waals surface area (Å²) in [4.78, 5) is 25.6. The molecule has 0 aliphatic carbocycles. The minimum absolute atomic E-state index is 0.534. The average Bonchev–Trinajstić information content (AvgIpc) is 3.36. The molecule has 0 heterocycles. The van der Waals surface area contributed by atoms with Crippen molar-refractivity contribution in [3.8, 4) is 0 Å². The molecule has 0 atom stereocenters. The van der Waals surface area contributed by atoms with Gasteiger partial charge in [-0.05, 0) is 107 Å². The molecule has 8 aromatic carbocycles. The van der Waals surface area contributed by atoms with E-state index < -0.39 is 11.8 Å². The molecule has 0 aliphatic heterocycles. The SMILES string of the molecule is CCCCCCCCc1c2ccccc2c(Nc2cc(Cc3ccc(NC(=O)C(=O)NC)c(Nc4c5ccccc5c(CCCCCCCC)c5ccccc45)c3)ccc2C)c2ccccc12. The number of carbonyl (C=O) groups is 2. The van der Waals surface area contributed by atoms with Crippen molar-refractivity contribution in [2.24, 2.45) is 0 Å². The molecule has 0 radical (unpaired) electrons. The van der Waals surface area contributed by atoms with Crippen LogP contribution < -0.4 is 21.3 Å². The number of hydrogen-bond acceptors (Lipinski definition) is 4. The van der Waals surface area contributed by atoms with Gasteiger partial charge in [-0.15, -0.1) is 0 Å². The van der Waals surface area contributed by atoms with Crippen LogP contribution in [0, 0.1) is 6.92 Å². The van der Waals surface area contributed by atoms with E-state index in [4.69, 9.17) is 0 Å². The highest BCUT2D eigenvalue weighted by atomic mass is 16.2. The van der Waals surface area contributed by atoms with Crippen LogP contribution in [0.4, 0.5) is 28.4 Å². The number of anilines is 5. The number of nitrogens with one attached hydrogen (secondary N) is 4. The van der Waals surface area contributed by atoms with Gasteiger partial charge in [0.2, 0.25) is 0 Å². The number of aryl methyl sites for hydroxylation is 3. The average molecular weight is 889 g/mol. The zero-order valence-corrected chi connectivity index (χ0v) is 40.1. The Labute approximate surface area is 398 Å². The molecule has 4 N–H and O–H groups in total. The van der Waals surface area contributed by atoms with Crippen molar-refractivity contribution in [1.82, 2.24) is 5.32 Å². The maximum absolute atomic E-state index is 13.1. The minimum atomic E-state index is -0.716. The molecule has 0 saturated heterocycles. The summed E-state index contributed by atoms with van der Waals surface area (Å²) in [5.74, 6) is -1.41. The Kier molecular flexibility index (Phi) is 15.9. The predicted octanol–water partition coefficient (Wildman–Crippen LogP) is 16.2. The van der Waals surface area contributed by atoms with E-state index in [2.05, 4.69) is 163 Å². The molecule has 67 heavy (non-hydrogen) atoms. The number of carbonyl (C=O) groups excluding carboxylic acids is 2. The number of amides is 2. The highest BCUT2D eigenvalue weighted by Gasteiger charge is 2.19. The molecule has 0 saturated carbocycles. The lowest BCUT2D eigenvalue weighted by Crippen LogP contribution is -2.32. The quantitative estimate of drug-likeness (QED) is 0.0329. The Hall–Kier alpha value is -6.66. The molecular weight excluding hydrogens is 821 g/mol. The molecule has 8 aromatic rings. The maximum Gasteiger partial charge on any atom is 0.313 e. The highest BCUT2D eigenvalue weighted by molar-refractivity contribution is 6.40. The first kappa shape index (κ1) is 46.9. The van der Waals surface area contributed by atoms with Crippen molar-refractivity contribution < 1.29 is 9.59 Å². The van der Waals surface area contributed by atoms with Gasteiger partial charge in [-0.1, -0.05) is 193 Å². The van der Waals surface area contributed by atoms with E-state index in [9.17, 15) is 9.59 Å². The molecule has 0 aliphatic rings. The van der Waals surface area contributed by atoms with Crippen LogP contribution >= 0.6 is 0 Å². The van der Waals surface area contributed by atoms with E-state index in [0.717, 1.165) is 63.9 Å². The van der Waals surface area contributed by atoms with Crippen LogP contribution in [-0.2, 0) is 28.9 Å². The third kappa shape index (κ3) is 11.0. The summed E-state index contributed by atoms with van der Waals surface area (Å²) in [5.41, 5.74) is 10.7. The molecule has 344 valence electrons. The van der Waals surface area contributed by atoms with Crippen molar-refractivity contribution in [3.05, 3.63) is 161 Å². The first-order valence-electron chi connectivity index (χ1n) is 25.0. The van der Waals surface area contributed by atoms with Crippen molar-refractivity contribution in [1.29, 1.82) is 0 Å². The Morgan fingerprint density at radius 2 is 0.806 bits per heavy atom. The second kappa shape index (κ2) is 22.7. The van der Waals surface area contributed by atoms with Gasteiger partial charge in [-0.25, -0.2) is 0 Å². The van der Waals surface area contributed by atoms with E-state index in [1.54, 1.807) is 0 Å². The first-order chi connectivity index (χ1) is 32.9. The summed E-state index contributed by atoms with van der Waals surface area (Å²) in [6.45, 7) is 6.71. The summed E-state index contributed by atoms with van der Waals surface area (Å²) in [5, 5.41) is 23.0. The van der Waals surface area contributed by atoms with Crippen LogP contribution in [0.3, 0.4) is 0 Å². The Bertz CT molecular complexity index is 2890. The van der Waals surface area contributed by atoms with Crippen LogP contribution in [0.1, 0.15) is 119 Å². The minimum Gasteiger partial charge on any atom is -0.354 e. The number of likely N-dealkylation sites (N-methyl/N-ethyl adjacent to an activating group) is 1. The number of fused-ring (bicyclic) bond motifs is 4. The highest BCUT2D eigenvalue weighted by Crippen LogP contribution is 2.42. The lowest BCUT2D eigenvalue weighted by atomic mass is 9.91. The van der Waals surface area contributed by atoms with E-state index in [1.807, 2.05) is 12.1 Å². The van der Waals surface area contributed by atoms with Gasteiger partial charge in [-0.2, -0.15) is 0 Å². The van der Waals surface area contributed by atoms with Gasteiger partial charge in [0, 0.05) is 34.3 Å². The molecule has 6 nitrogen and oxygen atoms in total. The summed E-state index contributed by atoms with van der Waals surface area (Å²) in [6.07, 6.45) is 17.9. The Balaban J connectivity index is 1.12. The van der Waals surface area contributed by atoms with Gasteiger partial charge < -0.3 is 21.3 Å². The number of benzene rings is 8. The fourth-order valence-corrected chi connectivity index (χ4v) is 10.0.